The van der Waals surface area contributed by atoms with E-state index in [2.05, 4.69) is 10.6 Å². The van der Waals surface area contributed by atoms with Crippen molar-refractivity contribution in [2.75, 3.05) is 25.1 Å². The fourth-order valence-corrected chi connectivity index (χ4v) is 3.64. The van der Waals surface area contributed by atoms with E-state index in [1.807, 2.05) is 6.92 Å². The summed E-state index contributed by atoms with van der Waals surface area (Å²) in [7, 11) is -0.766. The smallest absolute Gasteiger partial charge is 0.223 e. The SMILES string of the molecule is CC(CCS(C)=O)NC(=O)C1CC12CCNCC2. The molecule has 2 rings (SSSR count). The Morgan fingerprint density at radius 1 is 1.50 bits per heavy atom. The average Bonchev–Trinajstić information content (AvgIpc) is 3.01. The molecule has 3 atom stereocenters. The van der Waals surface area contributed by atoms with E-state index in [4.69, 9.17) is 0 Å². The van der Waals surface area contributed by atoms with E-state index in [1.165, 1.54) is 0 Å². The van der Waals surface area contributed by atoms with Crippen molar-refractivity contribution in [1.82, 2.24) is 10.6 Å². The normalized spacial score (nSPS) is 28.7. The number of nitrogens with one attached hydrogen (secondary N) is 2. The van der Waals surface area contributed by atoms with Crippen LogP contribution in [0.1, 0.15) is 32.6 Å². The minimum atomic E-state index is -0.766. The van der Waals surface area contributed by atoms with Crippen LogP contribution in [0.25, 0.3) is 0 Å². The zero-order chi connectivity index (χ0) is 13.2. The Morgan fingerprint density at radius 3 is 2.78 bits per heavy atom. The molecule has 0 radical (unpaired) electrons. The first kappa shape index (κ1) is 14.0. The van der Waals surface area contributed by atoms with Crippen molar-refractivity contribution in [2.24, 2.45) is 11.3 Å². The third-order valence-electron chi connectivity index (χ3n) is 4.33. The highest BCUT2D eigenvalue weighted by Gasteiger charge is 2.57. The predicted molar refractivity (Wildman–Crippen MR) is 73.8 cm³/mol. The molecule has 1 saturated carbocycles. The summed E-state index contributed by atoms with van der Waals surface area (Å²) in [6.07, 6.45) is 5.85. The molecule has 1 aliphatic carbocycles. The Morgan fingerprint density at radius 2 is 2.17 bits per heavy atom. The molecule has 0 bridgehead atoms. The first-order valence-corrected chi connectivity index (χ1v) is 8.57. The number of carbonyl (C=O) groups is 1. The molecule has 18 heavy (non-hydrogen) atoms. The second-order valence-corrected chi connectivity index (χ2v) is 7.40. The van der Waals surface area contributed by atoms with Crippen molar-refractivity contribution in [2.45, 2.75) is 38.6 Å². The van der Waals surface area contributed by atoms with Crippen LogP contribution in [0, 0.1) is 11.3 Å². The van der Waals surface area contributed by atoms with Crippen LogP contribution >= 0.6 is 0 Å². The fraction of sp³-hybridized carbons (Fsp3) is 0.923. The summed E-state index contributed by atoms with van der Waals surface area (Å²) in [6, 6.07) is 0.140. The van der Waals surface area contributed by atoms with Crippen LogP contribution in [0.5, 0.6) is 0 Å². The summed E-state index contributed by atoms with van der Waals surface area (Å²) >= 11 is 0. The van der Waals surface area contributed by atoms with Crippen molar-refractivity contribution in [3.8, 4) is 0 Å². The lowest BCUT2D eigenvalue weighted by atomic mass is 9.91. The molecule has 2 N–H and O–H groups in total. The first-order valence-electron chi connectivity index (χ1n) is 6.85. The number of rotatable bonds is 5. The highest BCUT2D eigenvalue weighted by atomic mass is 32.2. The lowest BCUT2D eigenvalue weighted by Crippen LogP contribution is -2.37. The molecule has 2 fully saturated rings. The summed E-state index contributed by atoms with van der Waals surface area (Å²) in [6.45, 7) is 4.10. The minimum absolute atomic E-state index is 0.140. The summed E-state index contributed by atoms with van der Waals surface area (Å²) in [5, 5.41) is 6.42. The first-order chi connectivity index (χ1) is 8.53. The second-order valence-electron chi connectivity index (χ2n) is 5.84. The van der Waals surface area contributed by atoms with Crippen molar-refractivity contribution in [1.29, 1.82) is 0 Å². The zero-order valence-electron chi connectivity index (χ0n) is 11.3. The van der Waals surface area contributed by atoms with E-state index in [-0.39, 0.29) is 17.9 Å². The van der Waals surface area contributed by atoms with Gasteiger partial charge in [0.05, 0.1) is 0 Å². The topological polar surface area (TPSA) is 58.2 Å². The highest BCUT2D eigenvalue weighted by Crippen LogP contribution is 2.58. The van der Waals surface area contributed by atoms with E-state index < -0.39 is 10.8 Å². The lowest BCUT2D eigenvalue weighted by molar-refractivity contribution is -0.123. The van der Waals surface area contributed by atoms with Gasteiger partial charge in [-0.2, -0.15) is 0 Å². The Balaban J connectivity index is 1.74. The number of amides is 1. The molecule has 1 spiro atoms. The van der Waals surface area contributed by atoms with Crippen LogP contribution in [-0.4, -0.2) is 41.3 Å². The third kappa shape index (κ3) is 3.32. The van der Waals surface area contributed by atoms with Gasteiger partial charge in [0, 0.05) is 34.8 Å². The van der Waals surface area contributed by atoms with Gasteiger partial charge in [0.1, 0.15) is 0 Å². The van der Waals surface area contributed by atoms with Crippen molar-refractivity contribution < 1.29 is 9.00 Å². The van der Waals surface area contributed by atoms with E-state index in [9.17, 15) is 9.00 Å². The maximum Gasteiger partial charge on any atom is 0.223 e. The second kappa shape index (κ2) is 5.70. The molecule has 4 nitrogen and oxygen atoms in total. The Bertz CT molecular complexity index is 340. The summed E-state index contributed by atoms with van der Waals surface area (Å²) in [5.41, 5.74) is 0.308. The monoisotopic (exact) mass is 272 g/mol. The highest BCUT2D eigenvalue weighted by molar-refractivity contribution is 7.84. The maximum absolute atomic E-state index is 12.1. The molecular formula is C13H24N2O2S. The molecule has 5 heteroatoms. The van der Waals surface area contributed by atoms with Crippen LogP contribution < -0.4 is 10.6 Å². The molecular weight excluding hydrogens is 248 g/mol. The van der Waals surface area contributed by atoms with E-state index in [0.29, 0.717) is 11.2 Å². The number of hydrogen-bond acceptors (Lipinski definition) is 3. The molecule has 3 unspecified atom stereocenters. The van der Waals surface area contributed by atoms with Gasteiger partial charge in [0.2, 0.25) is 5.91 Å². The van der Waals surface area contributed by atoms with Gasteiger partial charge in [-0.05, 0) is 51.1 Å². The van der Waals surface area contributed by atoms with Crippen molar-refractivity contribution >= 4 is 16.7 Å². The minimum Gasteiger partial charge on any atom is -0.353 e. The Kier molecular flexibility index (Phi) is 4.43. The fourth-order valence-electron chi connectivity index (χ4n) is 2.95. The molecule has 1 saturated heterocycles. The summed E-state index contributed by atoms with van der Waals surface area (Å²) in [5.74, 6) is 1.11. The maximum atomic E-state index is 12.1. The van der Waals surface area contributed by atoms with Gasteiger partial charge in [0.25, 0.3) is 0 Å². The molecule has 0 aromatic rings. The molecule has 0 aromatic carbocycles. The average molecular weight is 272 g/mol. The predicted octanol–water partition coefficient (Wildman–Crippen LogP) is 0.649. The zero-order valence-corrected chi connectivity index (χ0v) is 12.1. The standard InChI is InChI=1S/C13H24N2O2S/c1-10(3-8-18(2)17)15-12(16)11-9-13(11)4-6-14-7-5-13/h10-11,14H,3-9H2,1-2H3,(H,15,16). The van der Waals surface area contributed by atoms with Gasteiger partial charge >= 0.3 is 0 Å². The van der Waals surface area contributed by atoms with Crippen LogP contribution in [-0.2, 0) is 15.6 Å². The van der Waals surface area contributed by atoms with Gasteiger partial charge < -0.3 is 10.6 Å². The lowest BCUT2D eigenvalue weighted by Gasteiger charge is -2.23. The molecule has 1 amide bonds. The third-order valence-corrected chi connectivity index (χ3v) is 5.14. The Labute approximate surface area is 112 Å². The van der Waals surface area contributed by atoms with E-state index in [1.54, 1.807) is 6.26 Å². The molecule has 1 heterocycles. The van der Waals surface area contributed by atoms with Gasteiger partial charge in [0.15, 0.2) is 0 Å². The van der Waals surface area contributed by atoms with Crippen molar-refractivity contribution in [3.63, 3.8) is 0 Å². The van der Waals surface area contributed by atoms with Gasteiger partial charge in [-0.25, -0.2) is 0 Å². The van der Waals surface area contributed by atoms with Crippen molar-refractivity contribution in [3.05, 3.63) is 0 Å². The molecule has 0 aromatic heterocycles. The van der Waals surface area contributed by atoms with Crippen LogP contribution in [0.2, 0.25) is 0 Å². The Hall–Kier alpha value is -0.420. The van der Waals surface area contributed by atoms with E-state index in [0.717, 1.165) is 38.8 Å². The van der Waals surface area contributed by atoms with Gasteiger partial charge in [-0.1, -0.05) is 0 Å². The summed E-state index contributed by atoms with van der Waals surface area (Å²) < 4.78 is 11.0. The van der Waals surface area contributed by atoms with E-state index >= 15 is 0 Å². The number of hydrogen-bond donors (Lipinski definition) is 2. The van der Waals surface area contributed by atoms with Gasteiger partial charge in [-0.15, -0.1) is 0 Å². The molecule has 1 aliphatic heterocycles. The molecule has 2 aliphatic rings. The van der Waals surface area contributed by atoms with Gasteiger partial charge in [-0.3, -0.25) is 9.00 Å². The van der Waals surface area contributed by atoms with Crippen LogP contribution in [0.15, 0.2) is 0 Å². The van der Waals surface area contributed by atoms with Crippen LogP contribution in [0.4, 0.5) is 0 Å². The quantitative estimate of drug-likeness (QED) is 0.772. The van der Waals surface area contributed by atoms with Crippen LogP contribution in [0.3, 0.4) is 0 Å². The molecule has 104 valence electrons. The number of piperidine rings is 1. The number of carbonyl (C=O) groups excluding carboxylic acids is 1. The summed E-state index contributed by atoms with van der Waals surface area (Å²) in [4.78, 5) is 12.1. The largest absolute Gasteiger partial charge is 0.353 e.